The number of nitrogens with zero attached hydrogens (tertiary/aromatic N) is 3. The lowest BCUT2D eigenvalue weighted by Crippen LogP contribution is -2.58. The van der Waals surface area contributed by atoms with Gasteiger partial charge in [-0.2, -0.15) is 5.26 Å². The fraction of sp³-hybridized carbons (Fsp3) is 0.348. The molecule has 2 aliphatic rings. The minimum atomic E-state index is -2.82. The molecule has 3 N–H and O–H groups in total. The van der Waals surface area contributed by atoms with E-state index in [1.807, 2.05) is 6.07 Å². The molecule has 7 nitrogen and oxygen atoms in total. The van der Waals surface area contributed by atoms with Crippen LogP contribution in [-0.4, -0.2) is 32.5 Å². The summed E-state index contributed by atoms with van der Waals surface area (Å²) in [6.07, 6.45) is 0.492. The van der Waals surface area contributed by atoms with Gasteiger partial charge < -0.3 is 11.1 Å². The van der Waals surface area contributed by atoms with Crippen LogP contribution in [0.25, 0.3) is 0 Å². The van der Waals surface area contributed by atoms with Crippen molar-refractivity contribution in [2.75, 3.05) is 11.9 Å². The smallest absolute Gasteiger partial charge is 0.257 e. The van der Waals surface area contributed by atoms with Gasteiger partial charge in [0.05, 0.1) is 37.2 Å². The highest BCUT2D eigenvalue weighted by atomic mass is 35.5. The molecule has 10 heteroatoms. The Kier molecular flexibility index (Phi) is 5.50. The number of amidine groups is 1. The van der Waals surface area contributed by atoms with Gasteiger partial charge in [-0.3, -0.25) is 9.79 Å². The molecule has 0 aromatic heterocycles. The molecule has 172 valence electrons. The van der Waals surface area contributed by atoms with E-state index in [2.05, 4.69) is 14.7 Å². The number of hydrogen-bond donors (Lipinski definition) is 2. The molecule has 0 radical (unpaired) electrons. The van der Waals surface area contributed by atoms with Crippen molar-refractivity contribution >= 4 is 38.8 Å². The van der Waals surface area contributed by atoms with Crippen molar-refractivity contribution in [1.82, 2.24) is 0 Å². The molecule has 2 aromatic carbocycles. The quantitative estimate of drug-likeness (QED) is 0.673. The van der Waals surface area contributed by atoms with Gasteiger partial charge in [0.25, 0.3) is 5.91 Å². The van der Waals surface area contributed by atoms with Gasteiger partial charge in [0.2, 0.25) is 0 Å². The van der Waals surface area contributed by atoms with Gasteiger partial charge in [0.1, 0.15) is 21.9 Å². The van der Waals surface area contributed by atoms with E-state index in [9.17, 15) is 9.00 Å². The van der Waals surface area contributed by atoms with Crippen molar-refractivity contribution in [3.63, 3.8) is 0 Å². The Labute approximate surface area is 197 Å². The van der Waals surface area contributed by atoms with Crippen molar-refractivity contribution in [2.24, 2.45) is 15.1 Å². The second kappa shape index (κ2) is 7.82. The average Bonchev–Trinajstić information content (AvgIpc) is 3.18. The fourth-order valence-corrected chi connectivity index (χ4v) is 7.89. The fourth-order valence-electron chi connectivity index (χ4n) is 4.46. The lowest BCUT2D eigenvalue weighted by molar-refractivity contribution is 0.102. The number of nitrogens with two attached hydrogens (primary N) is 1. The lowest BCUT2D eigenvalue weighted by Gasteiger charge is -2.44. The van der Waals surface area contributed by atoms with Crippen LogP contribution in [-0.2, 0) is 15.3 Å². The summed E-state index contributed by atoms with van der Waals surface area (Å²) >= 11 is 6.14. The predicted molar refractivity (Wildman–Crippen MR) is 127 cm³/mol. The van der Waals surface area contributed by atoms with E-state index in [-0.39, 0.29) is 22.0 Å². The molecule has 0 saturated carbocycles. The van der Waals surface area contributed by atoms with Crippen LogP contribution in [0, 0.1) is 17.1 Å². The molecule has 0 bridgehead atoms. The number of aliphatic imine (C=N–C) groups is 1. The molecule has 3 atom stereocenters. The first-order chi connectivity index (χ1) is 15.4. The molecule has 2 aliphatic heterocycles. The summed E-state index contributed by atoms with van der Waals surface area (Å²) in [6, 6.07) is 10.4. The van der Waals surface area contributed by atoms with Crippen molar-refractivity contribution in [1.29, 1.82) is 5.26 Å². The number of rotatable bonds is 3. The Hall–Kier alpha value is -2.96. The maximum absolute atomic E-state index is 15.1. The maximum atomic E-state index is 15.1. The monoisotopic (exact) mass is 487 g/mol. The molecule has 0 aliphatic carbocycles. The number of hydrogen-bond acceptors (Lipinski definition) is 6. The number of amides is 1. The van der Waals surface area contributed by atoms with E-state index in [1.165, 1.54) is 36.4 Å². The van der Waals surface area contributed by atoms with Gasteiger partial charge in [-0.15, -0.1) is 0 Å². The summed E-state index contributed by atoms with van der Waals surface area (Å²) in [5.74, 6) is -0.897. The number of benzene rings is 2. The number of fused-ring (bicyclic) bond motifs is 1. The van der Waals surface area contributed by atoms with Gasteiger partial charge in [0.15, 0.2) is 0 Å². The van der Waals surface area contributed by atoms with Gasteiger partial charge in [-0.1, -0.05) is 11.6 Å². The normalized spacial score (nSPS) is 27.6. The number of carbonyl (C=O) groups is 1. The van der Waals surface area contributed by atoms with Gasteiger partial charge >= 0.3 is 0 Å². The Bertz CT molecular complexity index is 1370. The van der Waals surface area contributed by atoms with Crippen LogP contribution in [0.5, 0.6) is 0 Å². The van der Waals surface area contributed by atoms with Crippen molar-refractivity contribution in [3.05, 3.63) is 63.9 Å². The molecular formula is C23H23ClFN5O2S. The lowest BCUT2D eigenvalue weighted by atomic mass is 9.85. The summed E-state index contributed by atoms with van der Waals surface area (Å²) < 4.78 is 32.5. The standard InChI is InChI=1S/C23H23ClFN5O2S/c1-22(2)21(27)30-23(3,19-8-9-28-33(19,22)32)16-11-14(5-7-18(16)25)29-20(31)15-6-4-13(12-26)10-17(15)24/h4-7,10-11,19H,8-9H2,1-3H3,(H2,27,30)(H,29,31)/t19-,23+,33+/m0/s1. The van der Waals surface area contributed by atoms with Crippen molar-refractivity contribution < 1.29 is 13.4 Å². The first-order valence-corrected chi connectivity index (χ1v) is 12.3. The average molecular weight is 488 g/mol. The van der Waals surface area contributed by atoms with E-state index in [1.54, 1.807) is 20.8 Å². The summed E-state index contributed by atoms with van der Waals surface area (Å²) in [5, 5.41) is 11.3. The molecule has 0 fully saturated rings. The first-order valence-electron chi connectivity index (χ1n) is 10.3. The Balaban J connectivity index is 1.75. The van der Waals surface area contributed by atoms with Crippen molar-refractivity contribution in [2.45, 2.75) is 42.7 Å². The Morgan fingerprint density at radius 3 is 2.70 bits per heavy atom. The molecule has 2 heterocycles. The molecule has 0 unspecified atom stereocenters. The second-order valence-electron chi connectivity index (χ2n) is 8.81. The largest absolute Gasteiger partial charge is 0.386 e. The van der Waals surface area contributed by atoms with Crippen LogP contribution in [0.1, 0.15) is 48.7 Å². The molecule has 1 amide bonds. The highest BCUT2D eigenvalue weighted by Crippen LogP contribution is 2.48. The minimum absolute atomic E-state index is 0.125. The van der Waals surface area contributed by atoms with Crippen LogP contribution >= 0.6 is 11.6 Å². The third-order valence-corrected chi connectivity index (χ3v) is 10.5. The molecule has 4 rings (SSSR count). The van der Waals surface area contributed by atoms with E-state index in [0.29, 0.717) is 24.2 Å². The van der Waals surface area contributed by atoms with Crippen LogP contribution in [0.15, 0.2) is 45.8 Å². The zero-order valence-corrected chi connectivity index (χ0v) is 19.9. The SMILES string of the molecule is CC1(C)C(N)=N[C@](C)(c2cc(NC(=O)c3ccc(C#N)cc3Cl)ccc2F)[C@@H]2CCN=[S@@]21=O. The summed E-state index contributed by atoms with van der Waals surface area (Å²) in [5.41, 5.74) is 6.02. The summed E-state index contributed by atoms with van der Waals surface area (Å²) in [6.45, 7) is 5.61. The molecule has 0 saturated heterocycles. The van der Waals surface area contributed by atoms with Gasteiger partial charge in [0, 0.05) is 17.8 Å². The minimum Gasteiger partial charge on any atom is -0.386 e. The second-order valence-corrected chi connectivity index (χ2v) is 12.2. The highest BCUT2D eigenvalue weighted by Gasteiger charge is 2.56. The van der Waals surface area contributed by atoms with Crippen molar-refractivity contribution in [3.8, 4) is 6.07 Å². The van der Waals surface area contributed by atoms with Gasteiger partial charge in [-0.05, 0) is 63.6 Å². The predicted octanol–water partition coefficient (Wildman–Crippen LogP) is 4.21. The number of nitrogens with one attached hydrogen (secondary N) is 1. The van der Waals surface area contributed by atoms with E-state index in [0.717, 1.165) is 0 Å². The number of halogens is 2. The molecule has 0 spiro atoms. The number of nitriles is 1. The number of carbonyl (C=O) groups excluding carboxylic acids is 1. The van der Waals surface area contributed by atoms with Crippen LogP contribution < -0.4 is 11.1 Å². The Morgan fingerprint density at radius 1 is 1.30 bits per heavy atom. The van der Waals surface area contributed by atoms with E-state index >= 15 is 4.39 Å². The van der Waals surface area contributed by atoms with Gasteiger partial charge in [-0.25, -0.2) is 13.0 Å². The topological polar surface area (TPSA) is 121 Å². The first kappa shape index (κ1) is 23.2. The summed E-state index contributed by atoms with van der Waals surface area (Å²) in [7, 11) is -2.82. The van der Waals surface area contributed by atoms with Crippen LogP contribution in [0.4, 0.5) is 10.1 Å². The Morgan fingerprint density at radius 2 is 2.03 bits per heavy atom. The molecule has 33 heavy (non-hydrogen) atoms. The zero-order chi connectivity index (χ0) is 24.2. The van der Waals surface area contributed by atoms with Crippen LogP contribution in [0.2, 0.25) is 5.02 Å². The maximum Gasteiger partial charge on any atom is 0.257 e. The number of anilines is 1. The third-order valence-electron chi connectivity index (χ3n) is 6.50. The third kappa shape index (κ3) is 3.49. The molecular weight excluding hydrogens is 465 g/mol. The van der Waals surface area contributed by atoms with Crippen LogP contribution in [0.3, 0.4) is 0 Å². The highest BCUT2D eigenvalue weighted by molar-refractivity contribution is 7.96. The molecule has 2 aromatic rings. The summed E-state index contributed by atoms with van der Waals surface area (Å²) in [4.78, 5) is 17.4. The van der Waals surface area contributed by atoms with E-state index < -0.39 is 37.0 Å². The zero-order valence-electron chi connectivity index (χ0n) is 18.4. The van der Waals surface area contributed by atoms with E-state index in [4.69, 9.17) is 22.6 Å².